The number of unbranched alkanes of at least 4 members (excludes halogenated alkanes) is 2. The van der Waals surface area contributed by atoms with Gasteiger partial charge in [-0.3, -0.25) is 19.2 Å². The fraction of sp³-hybridized carbons (Fsp3) is 0.887. The number of hydrogen-bond acceptors (Lipinski definition) is 7. The summed E-state index contributed by atoms with van der Waals surface area (Å²) in [4.78, 5) is 54.9. The Labute approximate surface area is 370 Å². The first-order valence-electron chi connectivity index (χ1n) is 25.0. The second-order valence-electron chi connectivity index (χ2n) is 24.5. The molecule has 7 saturated carbocycles. The smallest absolute Gasteiger partial charge is 0.309 e. The van der Waals surface area contributed by atoms with Gasteiger partial charge >= 0.3 is 17.9 Å². The molecule has 0 heterocycles. The lowest BCUT2D eigenvalue weighted by Gasteiger charge is -2.73. The van der Waals surface area contributed by atoms with Crippen molar-refractivity contribution in [1.82, 2.24) is 5.32 Å². The van der Waals surface area contributed by atoms with E-state index < -0.39 is 10.8 Å². The molecule has 0 aromatic rings. The Balaban J connectivity index is 1.06. The highest BCUT2D eigenvalue weighted by molar-refractivity contribution is 5.85. The van der Waals surface area contributed by atoms with Crippen LogP contribution >= 0.6 is 0 Å². The molecular formula is C53H85NO7. The van der Waals surface area contributed by atoms with Crippen LogP contribution in [-0.4, -0.2) is 49.2 Å². The topological polar surface area (TPSA) is 108 Å². The van der Waals surface area contributed by atoms with Crippen molar-refractivity contribution in [3.05, 3.63) is 12.2 Å². The lowest BCUT2D eigenvalue weighted by Crippen LogP contribution is -2.68. The number of allylic oxidation sites excluding steroid dienone is 1. The molecule has 61 heavy (non-hydrogen) atoms. The zero-order valence-corrected chi connectivity index (χ0v) is 40.6. The van der Waals surface area contributed by atoms with E-state index in [0.29, 0.717) is 49.7 Å². The first-order chi connectivity index (χ1) is 28.5. The summed E-state index contributed by atoms with van der Waals surface area (Å²) in [5.41, 5.74) is 0.172. The maximum absolute atomic E-state index is 15.0. The largest absolute Gasteiger partial charge is 0.465 e. The van der Waals surface area contributed by atoms with E-state index in [9.17, 15) is 19.2 Å². The van der Waals surface area contributed by atoms with Gasteiger partial charge in [0, 0.05) is 11.5 Å². The number of carbonyl (C=O) groups excluding carboxylic acids is 4. The Bertz CT molecular complexity index is 1730. The Hall–Kier alpha value is -2.38. The fourth-order valence-electron chi connectivity index (χ4n) is 16.4. The van der Waals surface area contributed by atoms with E-state index in [1.54, 1.807) is 0 Å². The molecule has 7 aliphatic rings. The van der Waals surface area contributed by atoms with Gasteiger partial charge < -0.3 is 19.5 Å². The summed E-state index contributed by atoms with van der Waals surface area (Å²) < 4.78 is 17.8. The summed E-state index contributed by atoms with van der Waals surface area (Å²) in [6, 6.07) is -0.0339. The Morgan fingerprint density at radius 1 is 0.623 bits per heavy atom. The number of nitrogens with one attached hydrogen (secondary N) is 1. The summed E-state index contributed by atoms with van der Waals surface area (Å²) in [6.45, 7) is 32.8. The second kappa shape index (κ2) is 16.2. The minimum absolute atomic E-state index is 0.0339. The standard InChI is InChI=1S/C53H85NO7/c1-14-16-28-59-43(55)35-30-36(47(35,5)6)45(57)61-41-22-23-50(11)38(49(41,9)10)21-24-52(13)39(50)19-18-34-42-33(32(3)4)20-25-53(42,27-26-51(34,52)12)46(58)54-40-31-37(48(40,7)8)44(56)60-29-17-15-2/h33-42H,3,14-31H2,1-2,4-13H3,(H,54,58)/t33-,34+,35-,36+,37?,38-,39+,40?,41-,42+,50-,51+,52+,53-/m0/s1. The van der Waals surface area contributed by atoms with Crippen LogP contribution in [0.5, 0.6) is 0 Å². The van der Waals surface area contributed by atoms with E-state index in [1.165, 1.54) is 12.0 Å². The number of fused-ring (bicyclic) bond motifs is 7. The van der Waals surface area contributed by atoms with Crippen LogP contribution in [0.4, 0.5) is 0 Å². The first kappa shape index (κ1) is 46.6. The average molecular weight is 848 g/mol. The molecule has 0 aliphatic heterocycles. The van der Waals surface area contributed by atoms with Crippen LogP contribution < -0.4 is 5.32 Å². The van der Waals surface area contributed by atoms with Crippen molar-refractivity contribution >= 4 is 23.8 Å². The Morgan fingerprint density at radius 3 is 1.80 bits per heavy atom. The maximum atomic E-state index is 15.0. The molecule has 7 rings (SSSR count). The predicted octanol–water partition coefficient (Wildman–Crippen LogP) is 11.4. The molecule has 8 nitrogen and oxygen atoms in total. The van der Waals surface area contributed by atoms with E-state index in [-0.39, 0.29) is 86.7 Å². The van der Waals surface area contributed by atoms with E-state index in [2.05, 4.69) is 81.1 Å². The van der Waals surface area contributed by atoms with Crippen LogP contribution in [0.15, 0.2) is 12.2 Å². The van der Waals surface area contributed by atoms with Gasteiger partial charge in [-0.25, -0.2) is 0 Å². The van der Waals surface area contributed by atoms with Gasteiger partial charge in [-0.2, -0.15) is 0 Å². The molecule has 0 aromatic heterocycles. The molecule has 0 spiro atoms. The van der Waals surface area contributed by atoms with Crippen LogP contribution in [0.25, 0.3) is 0 Å². The third-order valence-corrected chi connectivity index (χ3v) is 20.9. The number of carbonyl (C=O) groups is 4. The molecular weight excluding hydrogens is 763 g/mol. The van der Waals surface area contributed by atoms with Crippen molar-refractivity contribution < 1.29 is 33.4 Å². The minimum Gasteiger partial charge on any atom is -0.465 e. The molecule has 8 heteroatoms. The molecule has 1 N–H and O–H groups in total. The van der Waals surface area contributed by atoms with Crippen LogP contribution in [-0.2, 0) is 33.4 Å². The molecule has 7 aliphatic carbocycles. The molecule has 7 fully saturated rings. The number of esters is 3. The van der Waals surface area contributed by atoms with Crippen molar-refractivity contribution in [2.45, 2.75) is 198 Å². The number of rotatable bonds is 13. The second-order valence-corrected chi connectivity index (χ2v) is 24.5. The van der Waals surface area contributed by atoms with Crippen molar-refractivity contribution in [1.29, 1.82) is 0 Å². The van der Waals surface area contributed by atoms with Gasteiger partial charge in [0.05, 0.1) is 36.4 Å². The molecule has 0 bridgehead atoms. The van der Waals surface area contributed by atoms with Gasteiger partial charge in [0.25, 0.3) is 0 Å². The third kappa shape index (κ3) is 7.08. The molecule has 0 aromatic carbocycles. The SMILES string of the molecule is C=C(C)[C@@H]1CC[C@]2(C(=O)NC3CC(C(=O)OCCCC)C3(C)C)CC[C@]3(C)[C@H](CC[C@@H]4[C@@]5(C)CC[C@H](OC(=O)[C@H]6C[C@@H](C(=O)OCCCC)C6(C)C)C(C)(C)[C@@H]5CC[C@]43C)[C@@H]12. The fourth-order valence-corrected chi connectivity index (χ4v) is 16.4. The molecule has 0 radical (unpaired) electrons. The summed E-state index contributed by atoms with van der Waals surface area (Å²) in [5, 5.41) is 3.60. The van der Waals surface area contributed by atoms with E-state index >= 15 is 0 Å². The normalized spacial score (nSPS) is 43.7. The number of hydrogen-bond donors (Lipinski definition) is 1. The highest BCUT2D eigenvalue weighted by Gasteiger charge is 2.72. The van der Waals surface area contributed by atoms with Crippen molar-refractivity contribution in [2.75, 3.05) is 13.2 Å². The monoisotopic (exact) mass is 848 g/mol. The van der Waals surface area contributed by atoms with E-state index in [0.717, 1.165) is 83.5 Å². The molecule has 14 atom stereocenters. The first-order valence-corrected chi connectivity index (χ1v) is 25.0. The summed E-state index contributed by atoms with van der Waals surface area (Å²) >= 11 is 0. The van der Waals surface area contributed by atoms with Crippen LogP contribution in [0.2, 0.25) is 0 Å². The van der Waals surface area contributed by atoms with Crippen LogP contribution in [0, 0.1) is 85.2 Å². The molecule has 0 saturated heterocycles. The highest BCUT2D eigenvalue weighted by atomic mass is 16.5. The Morgan fingerprint density at radius 2 is 1.23 bits per heavy atom. The van der Waals surface area contributed by atoms with Crippen molar-refractivity contribution in [3.63, 3.8) is 0 Å². The summed E-state index contributed by atoms with van der Waals surface area (Å²) in [6.07, 6.45) is 15.1. The van der Waals surface area contributed by atoms with Gasteiger partial charge in [0.15, 0.2) is 0 Å². The number of amides is 1. The van der Waals surface area contributed by atoms with Gasteiger partial charge in [0.2, 0.25) is 5.91 Å². The molecule has 2 unspecified atom stereocenters. The van der Waals surface area contributed by atoms with Gasteiger partial charge in [-0.15, -0.1) is 0 Å². The zero-order chi connectivity index (χ0) is 44.7. The Kier molecular flexibility index (Phi) is 12.4. The van der Waals surface area contributed by atoms with Crippen LogP contribution in [0.3, 0.4) is 0 Å². The van der Waals surface area contributed by atoms with Crippen LogP contribution in [0.1, 0.15) is 186 Å². The third-order valence-electron chi connectivity index (χ3n) is 20.9. The van der Waals surface area contributed by atoms with Gasteiger partial charge in [-0.1, -0.05) is 101 Å². The highest BCUT2D eigenvalue weighted by Crippen LogP contribution is 2.78. The lowest BCUT2D eigenvalue weighted by molar-refractivity contribution is -0.251. The summed E-state index contributed by atoms with van der Waals surface area (Å²) in [5.74, 6) is 1.10. The lowest BCUT2D eigenvalue weighted by atomic mass is 9.32. The quantitative estimate of drug-likeness (QED) is 0.0851. The molecule has 1 amide bonds. The zero-order valence-electron chi connectivity index (χ0n) is 40.6. The number of ether oxygens (including phenoxy) is 3. The average Bonchev–Trinajstić information content (AvgIpc) is 3.59. The van der Waals surface area contributed by atoms with E-state index in [4.69, 9.17) is 14.2 Å². The van der Waals surface area contributed by atoms with Crippen molar-refractivity contribution in [2.24, 2.45) is 85.2 Å². The van der Waals surface area contributed by atoms with E-state index in [1.807, 2.05) is 13.8 Å². The molecule has 344 valence electrons. The van der Waals surface area contributed by atoms with Gasteiger partial charge in [-0.05, 0) is 153 Å². The predicted molar refractivity (Wildman–Crippen MR) is 240 cm³/mol. The van der Waals surface area contributed by atoms with Gasteiger partial charge in [0.1, 0.15) is 6.10 Å². The summed E-state index contributed by atoms with van der Waals surface area (Å²) in [7, 11) is 0. The van der Waals surface area contributed by atoms with Crippen molar-refractivity contribution in [3.8, 4) is 0 Å². The maximum Gasteiger partial charge on any atom is 0.309 e. The minimum atomic E-state index is -0.477.